The van der Waals surface area contributed by atoms with Gasteiger partial charge >= 0.3 is 0 Å². The summed E-state index contributed by atoms with van der Waals surface area (Å²) in [6, 6.07) is 0. The molecule has 1 heteroatoms. The lowest BCUT2D eigenvalue weighted by atomic mass is 10.0. The summed E-state index contributed by atoms with van der Waals surface area (Å²) in [6.45, 7) is 12.8. The summed E-state index contributed by atoms with van der Waals surface area (Å²) < 4.78 is 0. The molecule has 12 heavy (non-hydrogen) atoms. The molecule has 0 saturated carbocycles. The molecule has 0 amide bonds. The number of nitrogens with zero attached hydrogens (tertiary/aromatic N) is 1. The normalized spacial score (nSPS) is 13.8. The Hall–Kier alpha value is -0.0400. The predicted molar refractivity (Wildman–Crippen MR) is 56.5 cm³/mol. The third-order valence-corrected chi connectivity index (χ3v) is 2.69. The van der Waals surface area contributed by atoms with Crippen LogP contribution >= 0.6 is 0 Å². The zero-order valence-corrected chi connectivity index (χ0v) is 9.27. The van der Waals surface area contributed by atoms with Crippen LogP contribution in [0.5, 0.6) is 0 Å². The van der Waals surface area contributed by atoms with Gasteiger partial charge < -0.3 is 4.90 Å². The van der Waals surface area contributed by atoms with Crippen molar-refractivity contribution >= 4 is 0 Å². The highest BCUT2D eigenvalue weighted by Crippen LogP contribution is 2.12. The fourth-order valence-electron chi connectivity index (χ4n) is 1.68. The molecule has 0 aromatic heterocycles. The average Bonchev–Trinajstić information content (AvgIpc) is 2.12. The van der Waals surface area contributed by atoms with Gasteiger partial charge in [-0.2, -0.15) is 0 Å². The molecule has 0 radical (unpaired) electrons. The average molecular weight is 171 g/mol. The molecule has 0 N–H and O–H groups in total. The Morgan fingerprint density at radius 1 is 1.00 bits per heavy atom. The number of rotatable bonds is 7. The Kier molecular flexibility index (Phi) is 7.58. The zero-order valence-electron chi connectivity index (χ0n) is 9.27. The summed E-state index contributed by atoms with van der Waals surface area (Å²) in [5.41, 5.74) is 0. The van der Waals surface area contributed by atoms with Crippen LogP contribution < -0.4 is 0 Å². The molecule has 1 atom stereocenters. The summed E-state index contributed by atoms with van der Waals surface area (Å²) in [5, 5.41) is 0. The van der Waals surface area contributed by atoms with Crippen LogP contribution in [0.4, 0.5) is 0 Å². The first-order valence-electron chi connectivity index (χ1n) is 5.50. The van der Waals surface area contributed by atoms with Gasteiger partial charge in [0.25, 0.3) is 0 Å². The van der Waals surface area contributed by atoms with Crippen molar-refractivity contribution < 1.29 is 0 Å². The van der Waals surface area contributed by atoms with Gasteiger partial charge in [-0.1, -0.05) is 40.5 Å². The van der Waals surface area contributed by atoms with Gasteiger partial charge in [-0.05, 0) is 25.4 Å². The molecule has 0 rings (SSSR count). The minimum Gasteiger partial charge on any atom is -0.304 e. The molecular weight excluding hydrogens is 146 g/mol. The monoisotopic (exact) mass is 171 g/mol. The molecule has 1 nitrogen and oxygen atoms in total. The first-order chi connectivity index (χ1) is 5.78. The minimum absolute atomic E-state index is 0.926. The highest BCUT2D eigenvalue weighted by atomic mass is 15.1. The second-order valence-electron chi connectivity index (χ2n) is 3.55. The second-order valence-corrected chi connectivity index (χ2v) is 3.55. The van der Waals surface area contributed by atoms with Gasteiger partial charge in [-0.15, -0.1) is 0 Å². The van der Waals surface area contributed by atoms with Crippen molar-refractivity contribution in [1.29, 1.82) is 0 Å². The van der Waals surface area contributed by atoms with Crippen LogP contribution in [0.25, 0.3) is 0 Å². The van der Waals surface area contributed by atoms with Crippen LogP contribution in [0.3, 0.4) is 0 Å². The topological polar surface area (TPSA) is 3.24 Å². The maximum absolute atomic E-state index is 2.53. The lowest BCUT2D eigenvalue weighted by molar-refractivity contribution is 0.240. The van der Waals surface area contributed by atoms with Crippen molar-refractivity contribution in [3.05, 3.63) is 0 Å². The van der Waals surface area contributed by atoms with E-state index in [4.69, 9.17) is 0 Å². The Morgan fingerprint density at radius 2 is 1.58 bits per heavy atom. The molecule has 0 aromatic rings. The van der Waals surface area contributed by atoms with Crippen molar-refractivity contribution in [2.75, 3.05) is 19.6 Å². The number of hydrogen-bond acceptors (Lipinski definition) is 1. The Balaban J connectivity index is 3.65. The molecule has 74 valence electrons. The van der Waals surface area contributed by atoms with E-state index in [-0.39, 0.29) is 0 Å². The van der Waals surface area contributed by atoms with E-state index in [9.17, 15) is 0 Å². The van der Waals surface area contributed by atoms with Crippen molar-refractivity contribution in [3.63, 3.8) is 0 Å². The van der Waals surface area contributed by atoms with Crippen LogP contribution in [0.1, 0.15) is 47.0 Å². The fraction of sp³-hybridized carbons (Fsp3) is 1.00. The quantitative estimate of drug-likeness (QED) is 0.569. The SMILES string of the molecule is CCCC(CC)CN(CC)CC. The molecule has 0 aromatic carbocycles. The standard InChI is InChI=1S/C11H25N/c1-5-9-11(6-2)10-12(7-3)8-4/h11H,5-10H2,1-4H3. The van der Waals surface area contributed by atoms with Gasteiger partial charge in [0.2, 0.25) is 0 Å². The van der Waals surface area contributed by atoms with Crippen LogP contribution in [-0.4, -0.2) is 24.5 Å². The van der Waals surface area contributed by atoms with Gasteiger partial charge in [0, 0.05) is 6.54 Å². The summed E-state index contributed by atoms with van der Waals surface area (Å²) in [4.78, 5) is 2.53. The maximum atomic E-state index is 2.53. The van der Waals surface area contributed by atoms with Crippen molar-refractivity contribution in [2.45, 2.75) is 47.0 Å². The van der Waals surface area contributed by atoms with Crippen molar-refractivity contribution in [2.24, 2.45) is 5.92 Å². The van der Waals surface area contributed by atoms with E-state index >= 15 is 0 Å². The van der Waals surface area contributed by atoms with Crippen LogP contribution in [0.15, 0.2) is 0 Å². The Labute approximate surface area is 78.1 Å². The van der Waals surface area contributed by atoms with Crippen LogP contribution in [0.2, 0.25) is 0 Å². The van der Waals surface area contributed by atoms with E-state index in [1.807, 2.05) is 0 Å². The van der Waals surface area contributed by atoms with E-state index in [1.54, 1.807) is 0 Å². The molecular formula is C11H25N. The molecule has 0 bridgehead atoms. The lowest BCUT2D eigenvalue weighted by Gasteiger charge is -2.24. The van der Waals surface area contributed by atoms with Gasteiger partial charge in [0.15, 0.2) is 0 Å². The van der Waals surface area contributed by atoms with Gasteiger partial charge in [0.05, 0.1) is 0 Å². The molecule has 0 fully saturated rings. The fourth-order valence-corrected chi connectivity index (χ4v) is 1.68. The van der Waals surface area contributed by atoms with Crippen LogP contribution in [-0.2, 0) is 0 Å². The summed E-state index contributed by atoms with van der Waals surface area (Å²) >= 11 is 0. The molecule has 0 aliphatic carbocycles. The van der Waals surface area contributed by atoms with Crippen LogP contribution in [0, 0.1) is 5.92 Å². The van der Waals surface area contributed by atoms with Crippen molar-refractivity contribution in [3.8, 4) is 0 Å². The summed E-state index contributed by atoms with van der Waals surface area (Å²) in [6.07, 6.45) is 4.07. The van der Waals surface area contributed by atoms with E-state index in [2.05, 4.69) is 32.6 Å². The first-order valence-corrected chi connectivity index (χ1v) is 5.50. The van der Waals surface area contributed by atoms with E-state index < -0.39 is 0 Å². The third kappa shape index (κ3) is 4.76. The van der Waals surface area contributed by atoms with Gasteiger partial charge in [0.1, 0.15) is 0 Å². The van der Waals surface area contributed by atoms with E-state index in [1.165, 1.54) is 38.9 Å². The Morgan fingerprint density at radius 3 is 1.92 bits per heavy atom. The number of hydrogen-bond donors (Lipinski definition) is 0. The highest BCUT2D eigenvalue weighted by Gasteiger charge is 2.08. The maximum Gasteiger partial charge on any atom is 0.000932 e. The Bertz CT molecular complexity index is 87.0. The van der Waals surface area contributed by atoms with Crippen molar-refractivity contribution in [1.82, 2.24) is 4.90 Å². The second kappa shape index (κ2) is 7.60. The molecule has 0 saturated heterocycles. The summed E-state index contributed by atoms with van der Waals surface area (Å²) in [7, 11) is 0. The molecule has 0 spiro atoms. The first kappa shape index (κ1) is 12.0. The van der Waals surface area contributed by atoms with Gasteiger partial charge in [-0.3, -0.25) is 0 Å². The molecule has 0 aliphatic rings. The van der Waals surface area contributed by atoms with E-state index in [0.29, 0.717) is 0 Å². The third-order valence-electron chi connectivity index (χ3n) is 2.69. The minimum atomic E-state index is 0.926. The lowest BCUT2D eigenvalue weighted by Crippen LogP contribution is -2.28. The summed E-state index contributed by atoms with van der Waals surface area (Å²) in [5.74, 6) is 0.926. The highest BCUT2D eigenvalue weighted by molar-refractivity contribution is 4.62. The molecule has 0 heterocycles. The smallest absolute Gasteiger partial charge is 0.000932 e. The molecule has 1 unspecified atom stereocenters. The largest absolute Gasteiger partial charge is 0.304 e. The van der Waals surface area contributed by atoms with E-state index in [0.717, 1.165) is 5.92 Å². The zero-order chi connectivity index (χ0) is 9.40. The predicted octanol–water partition coefficient (Wildman–Crippen LogP) is 3.15. The molecule has 0 aliphatic heterocycles. The van der Waals surface area contributed by atoms with Gasteiger partial charge in [-0.25, -0.2) is 0 Å².